The van der Waals surface area contributed by atoms with Gasteiger partial charge in [-0.2, -0.15) is 8.78 Å². The Hall–Kier alpha value is -5.65. The second-order valence-electron chi connectivity index (χ2n) is 17.9. The molecule has 3 N–H and O–H groups in total. The summed E-state index contributed by atoms with van der Waals surface area (Å²) in [5.74, 6) is -1.64. The number of carboxylic acids is 1. The molecule has 1 aliphatic carbocycles. The number of rotatable bonds is 18. The predicted octanol–water partition coefficient (Wildman–Crippen LogP) is 9.39. The highest BCUT2D eigenvalue weighted by molar-refractivity contribution is 8.01. The highest BCUT2D eigenvalue weighted by Crippen LogP contribution is 2.51. The number of thioether (sulfide) groups is 1. The van der Waals surface area contributed by atoms with E-state index in [0.717, 1.165) is 44.3 Å². The molecule has 4 atom stereocenters. The van der Waals surface area contributed by atoms with Gasteiger partial charge in [0.1, 0.15) is 21.9 Å². The number of nitrogens with one attached hydrogen (secondary N) is 1. The van der Waals surface area contributed by atoms with E-state index in [1.807, 2.05) is 41.3 Å². The van der Waals surface area contributed by atoms with Crippen LogP contribution in [0.4, 0.5) is 13.6 Å². The molecule has 0 spiro atoms. The molecule has 5 aromatic rings. The number of pyridine rings is 1. The van der Waals surface area contributed by atoms with Crippen molar-refractivity contribution in [1.29, 1.82) is 0 Å². The number of halogens is 4. The number of aromatic nitrogens is 1. The smallest absolute Gasteiger partial charge is 0.408 e. The topological polar surface area (TPSA) is 151 Å². The molecule has 5 heterocycles. The average molecular weight is 1000 g/mol. The first-order chi connectivity index (χ1) is 33.3. The lowest BCUT2D eigenvalue weighted by molar-refractivity contribution is -0.904. The van der Waals surface area contributed by atoms with Crippen molar-refractivity contribution in [2.45, 2.75) is 68.2 Å². The maximum atomic E-state index is 14.0. The molecule has 69 heavy (non-hydrogen) atoms. The number of piperidine rings is 3. The summed E-state index contributed by atoms with van der Waals surface area (Å²) in [4.78, 5) is 43.7. The van der Waals surface area contributed by atoms with Gasteiger partial charge in [0, 0.05) is 41.6 Å². The molecule has 13 nitrogen and oxygen atoms in total. The van der Waals surface area contributed by atoms with Gasteiger partial charge in [0.15, 0.2) is 16.4 Å². The van der Waals surface area contributed by atoms with Crippen molar-refractivity contribution in [2.75, 3.05) is 38.5 Å². The number of hydrogen-bond acceptors (Lipinski definition) is 11. The minimum Gasteiger partial charge on any atom is -0.489 e. The molecule has 5 aliphatic rings. The fourth-order valence-corrected chi connectivity index (χ4v) is 11.8. The average Bonchev–Trinajstić information content (AvgIpc) is 4.08. The summed E-state index contributed by atoms with van der Waals surface area (Å²) in [6, 6.07) is 27.0. The molecule has 1 aromatic heterocycles. The molecule has 4 aromatic carbocycles. The highest BCUT2D eigenvalue weighted by Gasteiger charge is 2.55. The molecule has 10 rings (SSSR count). The van der Waals surface area contributed by atoms with Crippen LogP contribution in [0.15, 0.2) is 109 Å². The van der Waals surface area contributed by atoms with E-state index in [1.165, 1.54) is 30.2 Å². The van der Waals surface area contributed by atoms with Crippen molar-refractivity contribution < 1.29 is 57.2 Å². The Bertz CT molecular complexity index is 2650. The summed E-state index contributed by atoms with van der Waals surface area (Å²) in [6.45, 7) is 0.334. The molecular formula is C51H51Cl2F2N4O9S+. The number of aliphatic carboxylic acids is 1. The quantitative estimate of drug-likeness (QED) is 0.0332. The Kier molecular flexibility index (Phi) is 14.8. The minimum atomic E-state index is -3.13. The molecular weight excluding hydrogens is 954 g/mol. The van der Waals surface area contributed by atoms with Crippen LogP contribution in [0.25, 0.3) is 0 Å². The predicted molar refractivity (Wildman–Crippen MR) is 254 cm³/mol. The number of carboxylic acid groups (broad SMARTS) is 1. The highest BCUT2D eigenvalue weighted by atomic mass is 35.5. The Morgan fingerprint density at radius 2 is 1.59 bits per heavy atom. The van der Waals surface area contributed by atoms with Gasteiger partial charge in [0.25, 0.3) is 0 Å². The zero-order chi connectivity index (χ0) is 48.2. The summed E-state index contributed by atoms with van der Waals surface area (Å²) in [5.41, 5.74) is 3.14. The van der Waals surface area contributed by atoms with Crippen molar-refractivity contribution in [1.82, 2.24) is 15.1 Å². The third-order valence-corrected chi connectivity index (χ3v) is 15.5. The van der Waals surface area contributed by atoms with Gasteiger partial charge in [0.05, 0.1) is 18.2 Å². The normalized spacial score (nSPS) is 21.9. The van der Waals surface area contributed by atoms with Crippen molar-refractivity contribution in [2.24, 2.45) is 11.8 Å². The van der Waals surface area contributed by atoms with Gasteiger partial charge < -0.3 is 29.4 Å². The van der Waals surface area contributed by atoms with E-state index in [9.17, 15) is 33.5 Å². The largest absolute Gasteiger partial charge is 0.489 e. The Morgan fingerprint density at radius 1 is 0.855 bits per heavy atom. The summed E-state index contributed by atoms with van der Waals surface area (Å²) in [6.07, 6.45) is 5.61. The first-order valence-corrected chi connectivity index (χ1v) is 24.6. The Balaban J connectivity index is 0.968. The van der Waals surface area contributed by atoms with E-state index in [4.69, 9.17) is 42.1 Å². The lowest BCUT2D eigenvalue weighted by Crippen LogP contribution is -2.53. The van der Waals surface area contributed by atoms with Crippen LogP contribution < -0.4 is 24.3 Å². The van der Waals surface area contributed by atoms with E-state index in [0.29, 0.717) is 51.7 Å². The van der Waals surface area contributed by atoms with Crippen LogP contribution in [0, 0.1) is 11.8 Å². The number of benzene rings is 4. The summed E-state index contributed by atoms with van der Waals surface area (Å²) in [5, 5.41) is 24.8. The standard InChI is InChI=1S/C51H50Cl2F2N4O9S/c52-41-27-59(64)28-42(53)39(41)25-40(35-14-15-43(67-49(54)55)44(24-35)65-30-31-12-13-31)51(48(61)62)58(20-21-69-51)26-32-6-4-11-38(22-32)66-47(60)37-10-5-9-36(23-37)46(34-7-2-1-3-8-34)56-50(63)68-45-29-57-18-16-33(45)17-19-57/h1-11,14-15,22-24,27-28,31,33,40,45-46,49H,12-13,16-21,25-26,29-30H2,(H2-,56,61,62,63,64)/p+1/t40-,45-,46-,51-/m0/s1. The van der Waals surface area contributed by atoms with Crippen LogP contribution >= 0.6 is 35.0 Å². The third-order valence-electron chi connectivity index (χ3n) is 13.4. The van der Waals surface area contributed by atoms with Gasteiger partial charge in [-0.3, -0.25) is 15.0 Å². The molecule has 0 radical (unpaired) electrons. The van der Waals surface area contributed by atoms with E-state index in [1.54, 1.807) is 54.6 Å². The lowest BCUT2D eigenvalue weighted by atomic mass is 9.84. The lowest BCUT2D eigenvalue weighted by Gasteiger charge is -2.43. The van der Waals surface area contributed by atoms with Gasteiger partial charge in [-0.1, -0.05) is 83.9 Å². The molecule has 1 amide bonds. The maximum Gasteiger partial charge on any atom is 0.408 e. The van der Waals surface area contributed by atoms with Crippen LogP contribution in [0.5, 0.6) is 17.2 Å². The molecule has 2 bridgehead atoms. The van der Waals surface area contributed by atoms with E-state index in [2.05, 4.69) is 10.2 Å². The van der Waals surface area contributed by atoms with Crippen molar-refractivity contribution >= 4 is 53.0 Å². The van der Waals surface area contributed by atoms with E-state index < -0.39 is 41.5 Å². The summed E-state index contributed by atoms with van der Waals surface area (Å²) >= 11 is 14.5. The van der Waals surface area contributed by atoms with Crippen LogP contribution in [0.2, 0.25) is 10.0 Å². The Morgan fingerprint density at radius 3 is 2.29 bits per heavy atom. The molecule has 18 heteroatoms. The number of alkyl halides is 2. The molecule has 0 unspecified atom stereocenters. The zero-order valence-electron chi connectivity index (χ0n) is 37.4. The fraction of sp³-hybridized carbons (Fsp3) is 0.373. The summed E-state index contributed by atoms with van der Waals surface area (Å²) < 4.78 is 50.7. The first kappa shape index (κ1) is 48.4. The molecule has 362 valence electrons. The first-order valence-electron chi connectivity index (χ1n) is 22.9. The second-order valence-corrected chi connectivity index (χ2v) is 20.0. The van der Waals surface area contributed by atoms with E-state index >= 15 is 0 Å². The monoisotopic (exact) mass is 1000 g/mol. The fourth-order valence-electron chi connectivity index (χ4n) is 9.67. The van der Waals surface area contributed by atoms with Gasteiger partial charge in [-0.25, -0.2) is 14.4 Å². The van der Waals surface area contributed by atoms with Crippen LogP contribution in [-0.4, -0.2) is 94.3 Å². The third kappa shape index (κ3) is 11.2. The van der Waals surface area contributed by atoms with Crippen LogP contribution in [0.3, 0.4) is 0 Å². The van der Waals surface area contributed by atoms with Crippen molar-refractivity contribution in [3.8, 4) is 17.2 Å². The van der Waals surface area contributed by atoms with Gasteiger partial charge >= 0.3 is 24.6 Å². The van der Waals surface area contributed by atoms with Gasteiger partial charge in [0.2, 0.25) is 12.4 Å². The number of hydrogen-bond donors (Lipinski definition) is 3. The number of esters is 1. The van der Waals surface area contributed by atoms with E-state index in [-0.39, 0.29) is 64.5 Å². The molecule has 5 fully saturated rings. The number of ether oxygens (including phenoxy) is 4. The van der Waals surface area contributed by atoms with Crippen LogP contribution in [0.1, 0.15) is 75.8 Å². The second kappa shape index (κ2) is 21.1. The number of fused-ring (bicyclic) bond motifs is 3. The number of amides is 1. The van der Waals surface area contributed by atoms with Gasteiger partial charge in [-0.15, -0.1) is 11.8 Å². The zero-order valence-corrected chi connectivity index (χ0v) is 39.7. The van der Waals surface area contributed by atoms with Crippen molar-refractivity contribution in [3.05, 3.63) is 153 Å². The summed E-state index contributed by atoms with van der Waals surface area (Å²) in [7, 11) is 0. The number of carbonyl (C=O) groups is 3. The molecule has 4 saturated heterocycles. The number of alkyl carbamates (subject to hydrolysis) is 1. The molecule has 1 saturated carbocycles. The Labute approximate surface area is 412 Å². The molecule has 4 aliphatic heterocycles. The maximum absolute atomic E-state index is 14.0. The number of nitrogens with zero attached hydrogens (tertiary/aromatic N) is 3. The minimum absolute atomic E-state index is 0.0380. The van der Waals surface area contributed by atoms with Crippen molar-refractivity contribution in [3.63, 3.8) is 0 Å². The van der Waals surface area contributed by atoms with Crippen LogP contribution in [-0.2, 0) is 22.5 Å². The SMILES string of the molecule is O=C(N[C@@H](c1ccccc1)c1cccc(C(=O)Oc2cccc(CN3CCS[C@]3(C(=O)O)[C@@H](Cc3c(Cl)c[n+](O)cc3Cl)c3ccc(OC(F)F)c(OCC4CC4)c3)c2)c1)O[C@H]1CN2CCC1CC2. The van der Waals surface area contributed by atoms with Gasteiger partial charge in [-0.05, 0) is 116 Å². The number of carbonyl (C=O) groups excluding carboxylic acids is 2.